The lowest BCUT2D eigenvalue weighted by molar-refractivity contribution is -0.119. The fourth-order valence-corrected chi connectivity index (χ4v) is 4.36. The number of sulfonamides is 1. The van der Waals surface area contributed by atoms with Crippen LogP contribution in [0.2, 0.25) is 0 Å². The van der Waals surface area contributed by atoms with E-state index in [0.717, 1.165) is 15.4 Å². The molecule has 0 saturated heterocycles. The second-order valence-corrected chi connectivity index (χ2v) is 8.65. The van der Waals surface area contributed by atoms with Gasteiger partial charge in [0.25, 0.3) is 15.9 Å². The second kappa shape index (κ2) is 8.49. The van der Waals surface area contributed by atoms with Crippen LogP contribution in [0.3, 0.4) is 0 Å². The minimum atomic E-state index is -4.10. The van der Waals surface area contributed by atoms with Crippen molar-refractivity contribution in [2.24, 2.45) is 0 Å². The topological polar surface area (TPSA) is 63.7 Å². The lowest BCUT2D eigenvalue weighted by Crippen LogP contribution is -2.40. The van der Waals surface area contributed by atoms with Crippen molar-refractivity contribution in [1.29, 1.82) is 0 Å². The number of hydrogen-bond donors (Lipinski definition) is 0. The maximum atomic E-state index is 13.3. The third-order valence-corrected chi connectivity index (χ3v) is 6.22. The molecule has 0 fully saturated rings. The van der Waals surface area contributed by atoms with Gasteiger partial charge in [-0.05, 0) is 62.2 Å². The smallest absolute Gasteiger partial charge is 0.278 e. The van der Waals surface area contributed by atoms with Gasteiger partial charge in [0.1, 0.15) is 5.75 Å². The van der Waals surface area contributed by atoms with Crippen LogP contribution in [0, 0.1) is 20.8 Å². The van der Waals surface area contributed by atoms with E-state index in [-0.39, 0.29) is 4.90 Å². The predicted molar refractivity (Wildman–Crippen MR) is 114 cm³/mol. The third kappa shape index (κ3) is 4.66. The molecule has 1 amide bonds. The normalized spacial score (nSPS) is 11.1. The zero-order chi connectivity index (χ0) is 21.0. The van der Waals surface area contributed by atoms with Crippen molar-refractivity contribution in [2.75, 3.05) is 10.9 Å². The summed E-state index contributed by atoms with van der Waals surface area (Å²) >= 11 is 0. The molecule has 6 heteroatoms. The maximum absolute atomic E-state index is 13.3. The van der Waals surface area contributed by atoms with Gasteiger partial charge in [0.15, 0.2) is 6.61 Å². The van der Waals surface area contributed by atoms with Crippen molar-refractivity contribution < 1.29 is 17.9 Å². The predicted octanol–water partition coefficient (Wildman–Crippen LogP) is 4.41. The molecule has 150 valence electrons. The third-order valence-electron chi connectivity index (χ3n) is 4.47. The van der Waals surface area contributed by atoms with Gasteiger partial charge in [-0.15, -0.1) is 0 Å². The number of nitrogens with zero attached hydrogens (tertiary/aromatic N) is 1. The first kappa shape index (κ1) is 20.6. The zero-order valence-electron chi connectivity index (χ0n) is 16.6. The van der Waals surface area contributed by atoms with Gasteiger partial charge in [-0.25, -0.2) is 8.42 Å². The van der Waals surface area contributed by atoms with E-state index in [1.165, 1.54) is 12.1 Å². The van der Waals surface area contributed by atoms with E-state index < -0.39 is 22.5 Å². The van der Waals surface area contributed by atoms with Crippen LogP contribution in [0.4, 0.5) is 5.69 Å². The lowest BCUT2D eigenvalue weighted by Gasteiger charge is -2.24. The minimum absolute atomic E-state index is 0.0459. The highest BCUT2D eigenvalue weighted by atomic mass is 32.2. The average Bonchev–Trinajstić information content (AvgIpc) is 2.71. The van der Waals surface area contributed by atoms with Crippen molar-refractivity contribution in [3.05, 3.63) is 89.5 Å². The Morgan fingerprint density at radius 1 is 0.862 bits per heavy atom. The molecular formula is C23H23NO4S. The first-order chi connectivity index (χ1) is 13.8. The number of amides is 1. The molecule has 5 nitrogen and oxygen atoms in total. The number of hydrogen-bond acceptors (Lipinski definition) is 4. The molecule has 0 radical (unpaired) electrons. The maximum Gasteiger partial charge on any atom is 0.278 e. The average molecular weight is 410 g/mol. The van der Waals surface area contributed by atoms with Gasteiger partial charge >= 0.3 is 0 Å². The fraction of sp³-hybridized carbons (Fsp3) is 0.174. The number of ether oxygens (including phenoxy) is 1. The first-order valence-corrected chi connectivity index (χ1v) is 10.6. The van der Waals surface area contributed by atoms with Crippen molar-refractivity contribution in [3.8, 4) is 5.75 Å². The Bertz CT molecular complexity index is 1110. The van der Waals surface area contributed by atoms with E-state index in [4.69, 9.17) is 4.74 Å². The number of anilines is 1. The number of carbonyl (C=O) groups excluding carboxylic acids is 1. The van der Waals surface area contributed by atoms with Crippen molar-refractivity contribution in [1.82, 2.24) is 0 Å². The van der Waals surface area contributed by atoms with E-state index in [1.54, 1.807) is 49.4 Å². The highest BCUT2D eigenvalue weighted by Crippen LogP contribution is 2.28. The Morgan fingerprint density at radius 2 is 1.48 bits per heavy atom. The SMILES string of the molecule is Cc1ccc(OCC(=O)N(c2cc(C)ccc2C)S(=O)(=O)c2ccccc2)cc1. The molecule has 0 heterocycles. The Hall–Kier alpha value is -3.12. The van der Waals surface area contributed by atoms with E-state index in [9.17, 15) is 13.2 Å². The van der Waals surface area contributed by atoms with Crippen LogP contribution < -0.4 is 9.04 Å². The van der Waals surface area contributed by atoms with Crippen LogP contribution >= 0.6 is 0 Å². The molecular weight excluding hydrogens is 386 g/mol. The van der Waals surface area contributed by atoms with Crippen molar-refractivity contribution >= 4 is 21.6 Å². The Labute approximate surface area is 171 Å². The van der Waals surface area contributed by atoms with Gasteiger partial charge in [-0.3, -0.25) is 4.79 Å². The molecule has 0 aliphatic carbocycles. The van der Waals surface area contributed by atoms with Gasteiger partial charge < -0.3 is 4.74 Å². The standard InChI is InChI=1S/C23H23NO4S/c1-17-10-13-20(14-11-17)28-16-23(25)24(22-15-18(2)9-12-19(22)3)29(26,27)21-7-5-4-6-8-21/h4-15H,16H2,1-3H3. The molecule has 0 aromatic heterocycles. The van der Waals surface area contributed by atoms with Crippen LogP contribution in [0.5, 0.6) is 5.75 Å². The molecule has 0 N–H and O–H groups in total. The summed E-state index contributed by atoms with van der Waals surface area (Å²) in [7, 11) is -4.10. The molecule has 0 unspecified atom stereocenters. The van der Waals surface area contributed by atoms with Gasteiger partial charge in [-0.2, -0.15) is 4.31 Å². The summed E-state index contributed by atoms with van der Waals surface area (Å²) in [5.74, 6) is -0.162. The molecule has 0 aliphatic rings. The number of rotatable bonds is 6. The summed E-state index contributed by atoms with van der Waals surface area (Å²) in [4.78, 5) is 13.1. The minimum Gasteiger partial charge on any atom is -0.484 e. The Kier molecular flexibility index (Phi) is 6.03. The highest BCUT2D eigenvalue weighted by Gasteiger charge is 2.32. The number of benzene rings is 3. The summed E-state index contributed by atoms with van der Waals surface area (Å²) in [6, 6.07) is 20.5. The van der Waals surface area contributed by atoms with Crippen molar-refractivity contribution in [2.45, 2.75) is 25.7 Å². The van der Waals surface area contributed by atoms with E-state index in [0.29, 0.717) is 17.0 Å². The molecule has 0 aliphatic heterocycles. The van der Waals surface area contributed by atoms with Crippen LogP contribution in [-0.2, 0) is 14.8 Å². The monoisotopic (exact) mass is 409 g/mol. The summed E-state index contributed by atoms with van der Waals surface area (Å²) in [6.07, 6.45) is 0. The molecule has 3 aromatic carbocycles. The summed E-state index contributed by atoms with van der Waals surface area (Å²) < 4.78 is 33.1. The van der Waals surface area contributed by atoms with Gasteiger partial charge in [0, 0.05) is 0 Å². The zero-order valence-corrected chi connectivity index (χ0v) is 17.4. The quantitative estimate of drug-likeness (QED) is 0.605. The largest absolute Gasteiger partial charge is 0.484 e. The lowest BCUT2D eigenvalue weighted by atomic mass is 10.1. The molecule has 29 heavy (non-hydrogen) atoms. The second-order valence-electron chi connectivity index (χ2n) is 6.87. The summed E-state index contributed by atoms with van der Waals surface area (Å²) in [5.41, 5.74) is 2.92. The van der Waals surface area contributed by atoms with Gasteiger partial charge in [0.05, 0.1) is 10.6 Å². The number of carbonyl (C=O) groups is 1. The van der Waals surface area contributed by atoms with Gasteiger partial charge in [-0.1, -0.05) is 48.0 Å². The summed E-state index contributed by atoms with van der Waals surface area (Å²) in [6.45, 7) is 5.17. The van der Waals surface area contributed by atoms with E-state index in [2.05, 4.69) is 0 Å². The molecule has 3 rings (SSSR count). The van der Waals surface area contributed by atoms with E-state index in [1.807, 2.05) is 32.0 Å². The number of aryl methyl sites for hydroxylation is 3. The van der Waals surface area contributed by atoms with E-state index >= 15 is 0 Å². The highest BCUT2D eigenvalue weighted by molar-refractivity contribution is 7.93. The van der Waals surface area contributed by atoms with Gasteiger partial charge in [0.2, 0.25) is 0 Å². The molecule has 0 saturated carbocycles. The summed E-state index contributed by atoms with van der Waals surface area (Å²) in [5, 5.41) is 0. The molecule has 0 spiro atoms. The molecule has 0 atom stereocenters. The molecule has 3 aromatic rings. The Morgan fingerprint density at radius 3 is 2.14 bits per heavy atom. The Balaban J connectivity index is 1.99. The van der Waals surface area contributed by atoms with Crippen molar-refractivity contribution in [3.63, 3.8) is 0 Å². The van der Waals surface area contributed by atoms with Crippen LogP contribution in [0.15, 0.2) is 77.7 Å². The first-order valence-electron chi connectivity index (χ1n) is 9.19. The fourth-order valence-electron chi connectivity index (χ4n) is 2.87. The van der Waals surface area contributed by atoms with Crippen LogP contribution in [0.1, 0.15) is 16.7 Å². The van der Waals surface area contributed by atoms with Crippen LogP contribution in [-0.4, -0.2) is 20.9 Å². The van der Waals surface area contributed by atoms with Crippen LogP contribution in [0.25, 0.3) is 0 Å². The molecule has 0 bridgehead atoms.